The lowest BCUT2D eigenvalue weighted by Crippen LogP contribution is -2.67. The number of hydrogen-bond acceptors (Lipinski definition) is 4. The van der Waals surface area contributed by atoms with Gasteiger partial charge in [-0.1, -0.05) is 69.9 Å². The van der Waals surface area contributed by atoms with Gasteiger partial charge in [-0.15, -0.1) is 0 Å². The minimum atomic E-state index is -1.97. The van der Waals surface area contributed by atoms with E-state index >= 15 is 0 Å². The minimum absolute atomic E-state index is 0.0422. The Hall–Kier alpha value is -1.16. The molecule has 0 bridgehead atoms. The van der Waals surface area contributed by atoms with Gasteiger partial charge < -0.3 is 19.0 Å². The molecule has 1 aromatic rings. The number of hydrogen-bond donors (Lipinski definition) is 1. The van der Waals surface area contributed by atoms with Gasteiger partial charge in [0.25, 0.3) is 0 Å². The van der Waals surface area contributed by atoms with E-state index in [1.54, 1.807) is 0 Å². The van der Waals surface area contributed by atoms with Crippen LogP contribution in [0.25, 0.3) is 0 Å². The Bertz CT molecular complexity index is 859. The second kappa shape index (κ2) is 9.47. The van der Waals surface area contributed by atoms with Crippen LogP contribution in [0.3, 0.4) is 0 Å². The van der Waals surface area contributed by atoms with Crippen LogP contribution in [0, 0.1) is 35.5 Å². The molecule has 5 heteroatoms. The number of aryl methyl sites for hydroxylation is 1. The van der Waals surface area contributed by atoms with Crippen LogP contribution < -0.4 is 0 Å². The Balaban J connectivity index is 1.53. The normalized spacial score (nSPS) is 31.9. The molecule has 4 nitrogen and oxygen atoms in total. The zero-order valence-electron chi connectivity index (χ0n) is 21.3. The lowest BCUT2D eigenvalue weighted by Gasteiger charge is -2.61. The molecule has 1 aromatic carbocycles. The van der Waals surface area contributed by atoms with Gasteiger partial charge in [-0.25, -0.2) is 0 Å². The van der Waals surface area contributed by atoms with Gasteiger partial charge in [0.2, 0.25) is 0 Å². The maximum absolute atomic E-state index is 10.9. The van der Waals surface area contributed by atoms with Gasteiger partial charge in [-0.3, -0.25) is 0 Å². The van der Waals surface area contributed by atoms with Crippen molar-refractivity contribution < 1.29 is 19.0 Å². The number of ether oxygens (including phenoxy) is 2. The minimum Gasteiger partial charge on any atom is -0.403 e. The summed E-state index contributed by atoms with van der Waals surface area (Å²) in [4.78, 5) is 0. The molecule has 1 unspecified atom stereocenters. The van der Waals surface area contributed by atoms with Crippen LogP contribution in [0.15, 0.2) is 30.3 Å². The molecule has 0 aromatic heterocycles. The lowest BCUT2D eigenvalue weighted by molar-refractivity contribution is -0.334. The van der Waals surface area contributed by atoms with E-state index in [1.807, 2.05) is 0 Å². The van der Waals surface area contributed by atoms with Crippen molar-refractivity contribution in [2.24, 2.45) is 23.7 Å². The second-order valence-corrected chi connectivity index (χ2v) is 16.5. The molecular weight excluding hydrogens is 428 g/mol. The van der Waals surface area contributed by atoms with Crippen LogP contribution in [0.1, 0.15) is 52.5 Å². The molecule has 1 spiro atoms. The molecule has 1 saturated heterocycles. The summed E-state index contributed by atoms with van der Waals surface area (Å²) in [6.45, 7) is 15.0. The van der Waals surface area contributed by atoms with E-state index in [1.165, 1.54) is 5.56 Å². The predicted molar refractivity (Wildman–Crippen MR) is 134 cm³/mol. The van der Waals surface area contributed by atoms with Crippen LogP contribution in [0.2, 0.25) is 18.1 Å². The zero-order valence-corrected chi connectivity index (χ0v) is 22.3. The van der Waals surface area contributed by atoms with E-state index in [9.17, 15) is 5.11 Å². The maximum atomic E-state index is 10.9. The number of fused-ring (bicyclic) bond motifs is 2. The van der Waals surface area contributed by atoms with Gasteiger partial charge in [0.05, 0.1) is 25.2 Å². The maximum Gasteiger partial charge on any atom is 0.193 e. The first kappa shape index (κ1) is 24.9. The van der Waals surface area contributed by atoms with Gasteiger partial charge in [0.1, 0.15) is 6.10 Å². The molecule has 4 rings (SSSR count). The van der Waals surface area contributed by atoms with E-state index in [0.29, 0.717) is 25.0 Å². The number of aliphatic hydroxyl groups excluding tert-OH is 1. The summed E-state index contributed by atoms with van der Waals surface area (Å²) < 4.78 is 19.0. The first-order chi connectivity index (χ1) is 15.6. The van der Waals surface area contributed by atoms with Crippen molar-refractivity contribution in [2.75, 3.05) is 13.2 Å². The van der Waals surface area contributed by atoms with Crippen LogP contribution >= 0.6 is 0 Å². The molecular formula is C28H42O4Si. The van der Waals surface area contributed by atoms with Crippen molar-refractivity contribution in [1.82, 2.24) is 0 Å². The third kappa shape index (κ3) is 4.83. The van der Waals surface area contributed by atoms with Crippen LogP contribution in [-0.4, -0.2) is 44.6 Å². The average Bonchev–Trinajstić information content (AvgIpc) is 3.28. The van der Waals surface area contributed by atoms with Gasteiger partial charge in [-0.2, -0.15) is 0 Å². The van der Waals surface area contributed by atoms with Crippen LogP contribution in [0.5, 0.6) is 0 Å². The molecule has 1 aliphatic heterocycles. The fourth-order valence-electron chi connectivity index (χ4n) is 5.78. The third-order valence-corrected chi connectivity index (χ3v) is 13.2. The number of rotatable bonds is 5. The summed E-state index contributed by atoms with van der Waals surface area (Å²) in [5.41, 5.74) is 1.31. The van der Waals surface area contributed by atoms with E-state index in [2.05, 4.69) is 83.0 Å². The van der Waals surface area contributed by atoms with E-state index in [4.69, 9.17) is 13.9 Å². The van der Waals surface area contributed by atoms with Crippen molar-refractivity contribution in [2.45, 2.75) is 89.5 Å². The number of aliphatic hydroxyl groups is 1. The molecule has 0 radical (unpaired) electrons. The molecule has 0 amide bonds. The van der Waals surface area contributed by atoms with Gasteiger partial charge in [-0.05, 0) is 55.3 Å². The largest absolute Gasteiger partial charge is 0.403 e. The van der Waals surface area contributed by atoms with Gasteiger partial charge in [0, 0.05) is 11.8 Å². The summed E-state index contributed by atoms with van der Waals surface area (Å²) in [5, 5.41) is 11.0. The highest BCUT2D eigenvalue weighted by molar-refractivity contribution is 6.74. The molecule has 182 valence electrons. The standard InChI is InChI=1S/C28H42O4Si/c1-20-26-23(25(29)17-16-24(26)28(20)30-18-19-31-28)15-14-22(32-33(5,6)27(2,3)4)13-12-21-10-8-7-9-11-21/h7-11,20,22-26,29H,12-13,16-19H2,1-6H3/t20?,22-,23+,24+,25-,26-/m0/s1. The monoisotopic (exact) mass is 470 g/mol. The topological polar surface area (TPSA) is 47.9 Å². The smallest absolute Gasteiger partial charge is 0.193 e. The molecule has 3 aliphatic rings. The molecule has 33 heavy (non-hydrogen) atoms. The number of benzene rings is 1. The Kier molecular flexibility index (Phi) is 7.16. The third-order valence-electron chi connectivity index (χ3n) is 8.73. The van der Waals surface area contributed by atoms with Gasteiger partial charge in [0.15, 0.2) is 14.1 Å². The fourth-order valence-corrected chi connectivity index (χ4v) is 7.03. The first-order valence-electron chi connectivity index (χ1n) is 12.7. The summed E-state index contributed by atoms with van der Waals surface area (Å²) in [5.74, 6) is 7.49. The summed E-state index contributed by atoms with van der Waals surface area (Å²) in [6.07, 6.45) is 3.01. The lowest BCUT2D eigenvalue weighted by atomic mass is 9.50. The summed E-state index contributed by atoms with van der Waals surface area (Å²) in [7, 11) is -1.97. The Morgan fingerprint density at radius 2 is 1.82 bits per heavy atom. The van der Waals surface area contributed by atoms with Crippen molar-refractivity contribution in [1.29, 1.82) is 0 Å². The quantitative estimate of drug-likeness (QED) is 0.462. The molecule has 1 N–H and O–H groups in total. The first-order valence-corrected chi connectivity index (χ1v) is 15.6. The van der Waals surface area contributed by atoms with Crippen molar-refractivity contribution >= 4 is 8.32 Å². The van der Waals surface area contributed by atoms with E-state index in [-0.39, 0.29) is 29.1 Å². The average molecular weight is 471 g/mol. The molecule has 6 atom stereocenters. The van der Waals surface area contributed by atoms with Crippen LogP contribution in [-0.2, 0) is 20.3 Å². The summed E-state index contributed by atoms with van der Waals surface area (Å²) >= 11 is 0. The summed E-state index contributed by atoms with van der Waals surface area (Å²) in [6, 6.07) is 10.6. The molecule has 3 fully saturated rings. The Morgan fingerprint density at radius 3 is 2.45 bits per heavy atom. The zero-order chi connectivity index (χ0) is 23.9. The second-order valence-electron chi connectivity index (χ2n) is 11.7. The Labute approximate surface area is 201 Å². The van der Waals surface area contributed by atoms with Crippen LogP contribution in [0.4, 0.5) is 0 Å². The highest BCUT2D eigenvalue weighted by Crippen LogP contribution is 2.61. The molecule has 1 heterocycles. The predicted octanol–water partition coefficient (Wildman–Crippen LogP) is 5.41. The highest BCUT2D eigenvalue weighted by Gasteiger charge is 2.67. The fraction of sp³-hybridized carbons (Fsp3) is 0.714. The molecule has 2 saturated carbocycles. The highest BCUT2D eigenvalue weighted by atomic mass is 28.4. The van der Waals surface area contributed by atoms with E-state index in [0.717, 1.165) is 25.7 Å². The van der Waals surface area contributed by atoms with Crippen molar-refractivity contribution in [3.63, 3.8) is 0 Å². The Morgan fingerprint density at radius 1 is 1.15 bits per heavy atom. The molecule has 2 aliphatic carbocycles. The van der Waals surface area contributed by atoms with Crippen molar-refractivity contribution in [3.05, 3.63) is 35.9 Å². The van der Waals surface area contributed by atoms with Crippen molar-refractivity contribution in [3.8, 4) is 11.8 Å². The SMILES string of the molecule is CC1[C@H]2[C@H](C#C[C@H](CCc3ccccc3)O[Si](C)(C)C(C)(C)C)[C@@H](O)CC[C@H]2C12OCCO2. The van der Waals surface area contributed by atoms with Gasteiger partial charge >= 0.3 is 0 Å². The van der Waals surface area contributed by atoms with E-state index < -0.39 is 14.1 Å².